The second kappa shape index (κ2) is 11.1. The van der Waals surface area contributed by atoms with Crippen molar-refractivity contribution in [2.45, 2.75) is 23.9 Å². The van der Waals surface area contributed by atoms with Crippen LogP contribution in [0.15, 0.2) is 89.8 Å². The van der Waals surface area contributed by atoms with Crippen LogP contribution in [0.1, 0.15) is 11.1 Å². The summed E-state index contributed by atoms with van der Waals surface area (Å²) in [6, 6.07) is 26.1. The maximum Gasteiger partial charge on any atom is 0.339 e. The van der Waals surface area contributed by atoms with Crippen molar-refractivity contribution in [3.63, 3.8) is 0 Å². The molecular formula is C32H34N4O4S. The Morgan fingerprint density at radius 1 is 0.854 bits per heavy atom. The molecule has 41 heavy (non-hydrogen) atoms. The molecule has 8 nitrogen and oxygen atoms in total. The first-order valence-electron chi connectivity index (χ1n) is 13.9. The van der Waals surface area contributed by atoms with Crippen molar-refractivity contribution >= 4 is 38.2 Å². The first kappa shape index (κ1) is 27.1. The monoisotopic (exact) mass is 570 g/mol. The topological polar surface area (TPSA) is 82.2 Å². The number of hydrogen-bond acceptors (Lipinski definition) is 7. The molecule has 1 saturated heterocycles. The fourth-order valence-corrected chi connectivity index (χ4v) is 6.95. The average molecular weight is 571 g/mol. The number of fused-ring (bicyclic) bond motifs is 2. The number of para-hydroxylation sites is 1. The van der Waals surface area contributed by atoms with Crippen LogP contribution < -0.4 is 19.3 Å². The first-order valence-corrected chi connectivity index (χ1v) is 15.3. The van der Waals surface area contributed by atoms with Crippen LogP contribution in [0.5, 0.6) is 5.75 Å². The average Bonchev–Trinajstić information content (AvgIpc) is 3.00. The zero-order valence-electron chi connectivity index (χ0n) is 23.3. The summed E-state index contributed by atoms with van der Waals surface area (Å²) in [7, 11) is -0.219. The van der Waals surface area contributed by atoms with Crippen LogP contribution in [0.4, 0.5) is 11.4 Å². The molecule has 1 atom stereocenters. The van der Waals surface area contributed by atoms with Crippen molar-refractivity contribution in [2.24, 2.45) is 0 Å². The van der Waals surface area contributed by atoms with E-state index in [0.717, 1.165) is 35.3 Å². The third-order valence-electron chi connectivity index (χ3n) is 7.97. The number of rotatable bonds is 6. The first-order chi connectivity index (χ1) is 19.8. The zero-order chi connectivity index (χ0) is 28.6. The van der Waals surface area contributed by atoms with Crippen LogP contribution in [0.25, 0.3) is 10.8 Å². The number of amides is 1. The Balaban J connectivity index is 1.13. The van der Waals surface area contributed by atoms with E-state index in [9.17, 15) is 13.2 Å². The van der Waals surface area contributed by atoms with Gasteiger partial charge in [-0.1, -0.05) is 48.5 Å². The highest BCUT2D eigenvalue weighted by Crippen LogP contribution is 2.32. The molecule has 0 aliphatic carbocycles. The highest BCUT2D eigenvalue weighted by atomic mass is 32.2. The summed E-state index contributed by atoms with van der Waals surface area (Å²) in [5, 5.41) is 4.82. The van der Waals surface area contributed by atoms with Crippen molar-refractivity contribution in [2.75, 3.05) is 50.1 Å². The van der Waals surface area contributed by atoms with E-state index in [1.807, 2.05) is 66.4 Å². The van der Waals surface area contributed by atoms with Gasteiger partial charge in [0.2, 0.25) is 5.91 Å². The van der Waals surface area contributed by atoms with Gasteiger partial charge in [0.15, 0.2) is 0 Å². The molecule has 2 aliphatic heterocycles. The molecule has 9 heteroatoms. The molecule has 4 aromatic rings. The van der Waals surface area contributed by atoms with Gasteiger partial charge in [-0.3, -0.25) is 4.79 Å². The van der Waals surface area contributed by atoms with Crippen molar-refractivity contribution in [3.8, 4) is 5.75 Å². The second-order valence-corrected chi connectivity index (χ2v) is 12.3. The van der Waals surface area contributed by atoms with Crippen LogP contribution in [0.3, 0.4) is 0 Å². The third-order valence-corrected chi connectivity index (χ3v) is 9.27. The van der Waals surface area contributed by atoms with Crippen LogP contribution >= 0.6 is 0 Å². The zero-order valence-corrected chi connectivity index (χ0v) is 24.1. The van der Waals surface area contributed by atoms with Crippen LogP contribution in [0, 0.1) is 0 Å². The molecule has 2 heterocycles. The number of benzene rings is 4. The van der Waals surface area contributed by atoms with Gasteiger partial charge in [-0.15, -0.1) is 0 Å². The number of hydrogen-bond donors (Lipinski definition) is 1. The minimum Gasteiger partial charge on any atom is -0.379 e. The van der Waals surface area contributed by atoms with E-state index in [1.54, 1.807) is 30.3 Å². The van der Waals surface area contributed by atoms with Gasteiger partial charge >= 0.3 is 10.1 Å². The Morgan fingerprint density at radius 3 is 2.34 bits per heavy atom. The molecule has 212 valence electrons. The lowest BCUT2D eigenvalue weighted by atomic mass is 9.94. The lowest BCUT2D eigenvalue weighted by molar-refractivity contribution is -0.134. The fourth-order valence-electron chi connectivity index (χ4n) is 5.81. The standard InChI is InChI=1S/C32H34N4O4S/c1-34(2)30-12-6-11-28-27(30)10-7-13-31(28)41(38,39)40-26-15-14-23-21-29(33-22-24(23)20-26)32(37)36-18-16-35(17-19-36)25-8-4-3-5-9-25/h3-15,20,29,33H,16-19,21-22H2,1-2H3/t29-/m0/s1. The minimum absolute atomic E-state index is 0.110. The van der Waals surface area contributed by atoms with Gasteiger partial charge in [-0.05, 0) is 53.9 Å². The molecule has 0 spiro atoms. The number of piperazine rings is 1. The summed E-state index contributed by atoms with van der Waals surface area (Å²) in [4.78, 5) is 19.7. The predicted octanol–water partition coefficient (Wildman–Crippen LogP) is 4.04. The van der Waals surface area contributed by atoms with Gasteiger partial charge in [0.1, 0.15) is 10.6 Å². The Kier molecular flexibility index (Phi) is 7.32. The van der Waals surface area contributed by atoms with E-state index in [1.165, 1.54) is 5.69 Å². The number of nitrogens with zero attached hydrogens (tertiary/aromatic N) is 3. The highest BCUT2D eigenvalue weighted by Gasteiger charge is 2.31. The molecule has 0 bridgehead atoms. The van der Waals surface area contributed by atoms with E-state index in [2.05, 4.69) is 22.3 Å². The van der Waals surface area contributed by atoms with Crippen molar-refractivity contribution < 1.29 is 17.4 Å². The fraction of sp³-hybridized carbons (Fsp3) is 0.281. The molecule has 1 amide bonds. The predicted molar refractivity (Wildman–Crippen MR) is 162 cm³/mol. The van der Waals surface area contributed by atoms with E-state index in [4.69, 9.17) is 4.18 Å². The Morgan fingerprint density at radius 2 is 1.59 bits per heavy atom. The Hall–Kier alpha value is -4.08. The second-order valence-electron chi connectivity index (χ2n) is 10.8. The van der Waals surface area contributed by atoms with Crippen LogP contribution in [-0.4, -0.2) is 65.5 Å². The molecule has 4 aromatic carbocycles. The summed E-state index contributed by atoms with van der Waals surface area (Å²) in [5.74, 6) is 0.368. The van der Waals surface area contributed by atoms with Crippen molar-refractivity contribution in [3.05, 3.63) is 96.1 Å². The number of anilines is 2. The van der Waals surface area contributed by atoms with Gasteiger partial charge in [0, 0.05) is 69.0 Å². The van der Waals surface area contributed by atoms with Crippen molar-refractivity contribution in [1.29, 1.82) is 0 Å². The smallest absolute Gasteiger partial charge is 0.339 e. The van der Waals surface area contributed by atoms with E-state index >= 15 is 0 Å². The summed E-state index contributed by atoms with van der Waals surface area (Å²) >= 11 is 0. The summed E-state index contributed by atoms with van der Waals surface area (Å²) < 4.78 is 32.4. The molecule has 1 N–H and O–H groups in total. The quantitative estimate of drug-likeness (QED) is 0.351. The van der Waals surface area contributed by atoms with Crippen LogP contribution in [0.2, 0.25) is 0 Å². The molecule has 0 radical (unpaired) electrons. The van der Waals surface area contributed by atoms with Gasteiger partial charge < -0.3 is 24.2 Å². The van der Waals surface area contributed by atoms with E-state index in [0.29, 0.717) is 31.4 Å². The molecule has 0 unspecified atom stereocenters. The minimum atomic E-state index is -4.08. The lowest BCUT2D eigenvalue weighted by Gasteiger charge is -2.38. The van der Waals surface area contributed by atoms with Crippen LogP contribution in [-0.2, 0) is 27.9 Å². The molecule has 0 aromatic heterocycles. The van der Waals surface area contributed by atoms with Crippen molar-refractivity contribution in [1.82, 2.24) is 10.2 Å². The highest BCUT2D eigenvalue weighted by molar-refractivity contribution is 7.87. The van der Waals surface area contributed by atoms with Gasteiger partial charge in [0.05, 0.1) is 6.04 Å². The van der Waals surface area contributed by atoms with Gasteiger partial charge in [-0.25, -0.2) is 0 Å². The van der Waals surface area contributed by atoms with Gasteiger partial charge in [-0.2, -0.15) is 8.42 Å². The third kappa shape index (κ3) is 5.47. The lowest BCUT2D eigenvalue weighted by Crippen LogP contribution is -2.55. The summed E-state index contributed by atoms with van der Waals surface area (Å²) in [5.41, 5.74) is 4.07. The summed E-state index contributed by atoms with van der Waals surface area (Å²) in [6.07, 6.45) is 0.552. The Labute approximate surface area is 241 Å². The molecule has 0 saturated carbocycles. The number of carbonyl (C=O) groups is 1. The Bertz CT molecular complexity index is 1680. The number of carbonyl (C=O) groups excluding carboxylic acids is 1. The van der Waals surface area contributed by atoms with E-state index < -0.39 is 10.1 Å². The summed E-state index contributed by atoms with van der Waals surface area (Å²) in [6.45, 7) is 3.46. The number of nitrogens with one attached hydrogen (secondary N) is 1. The molecule has 1 fully saturated rings. The van der Waals surface area contributed by atoms with Gasteiger partial charge in [0.25, 0.3) is 0 Å². The maximum absolute atomic E-state index is 13.4. The molecular weight excluding hydrogens is 536 g/mol. The molecule has 2 aliphatic rings. The maximum atomic E-state index is 13.4. The normalized spacial score (nSPS) is 17.3. The molecule has 6 rings (SSSR count). The van der Waals surface area contributed by atoms with E-state index in [-0.39, 0.29) is 22.6 Å². The largest absolute Gasteiger partial charge is 0.379 e. The SMILES string of the molecule is CN(C)c1cccc2c(S(=O)(=O)Oc3ccc4c(c3)CN[C@H](C(=O)N3CCN(c5ccccc5)CC3)C4)cccc12.